The number of hydrogen-bond acceptors (Lipinski definition) is 6. The number of carbonyl (C=O) groups is 1. The Balaban J connectivity index is 1.63. The molecule has 0 bridgehead atoms. The Morgan fingerprint density at radius 3 is 2.56 bits per heavy atom. The number of aromatic carboxylic acids is 1. The third-order valence-electron chi connectivity index (χ3n) is 4.78. The van der Waals surface area contributed by atoms with Crippen LogP contribution in [0.1, 0.15) is 41.6 Å². The van der Waals surface area contributed by atoms with Crippen LogP contribution in [0.4, 0.5) is 5.95 Å². The van der Waals surface area contributed by atoms with Crippen LogP contribution in [-0.4, -0.2) is 46.9 Å². The van der Waals surface area contributed by atoms with Crippen LogP contribution < -0.4 is 4.90 Å². The van der Waals surface area contributed by atoms with Gasteiger partial charge in [-0.2, -0.15) is 5.10 Å². The summed E-state index contributed by atoms with van der Waals surface area (Å²) in [7, 11) is 1.92. The van der Waals surface area contributed by atoms with Crippen molar-refractivity contribution in [1.82, 2.24) is 29.3 Å². The number of carboxylic acids is 1. The average Bonchev–Trinajstić information content (AvgIpc) is 3.25. The highest BCUT2D eigenvalue weighted by atomic mass is 16.4. The van der Waals surface area contributed by atoms with E-state index < -0.39 is 5.97 Å². The number of carboxylic acid groups (broad SMARTS) is 1. The van der Waals surface area contributed by atoms with Crippen molar-refractivity contribution in [2.45, 2.75) is 32.9 Å². The number of nitrogens with zero attached hydrogens (tertiary/aromatic N) is 7. The molecule has 9 heteroatoms. The van der Waals surface area contributed by atoms with E-state index in [1.165, 1.54) is 0 Å². The fourth-order valence-corrected chi connectivity index (χ4v) is 3.46. The number of aryl methyl sites for hydroxylation is 1. The number of rotatable bonds is 4. The topological polar surface area (TPSA) is 102 Å². The second-order valence-electron chi connectivity index (χ2n) is 6.92. The lowest BCUT2D eigenvalue weighted by molar-refractivity contribution is 0.0688. The van der Waals surface area contributed by atoms with Gasteiger partial charge in [-0.1, -0.05) is 0 Å². The van der Waals surface area contributed by atoms with Crippen molar-refractivity contribution in [1.29, 1.82) is 0 Å². The first-order chi connectivity index (χ1) is 13.0. The minimum absolute atomic E-state index is 0.117. The largest absolute Gasteiger partial charge is 0.476 e. The summed E-state index contributed by atoms with van der Waals surface area (Å²) in [5.41, 5.74) is 2.69. The highest BCUT2D eigenvalue weighted by Gasteiger charge is 2.29. The second-order valence-corrected chi connectivity index (χ2v) is 6.92. The molecule has 9 nitrogen and oxygen atoms in total. The molecule has 1 aliphatic heterocycles. The average molecular weight is 367 g/mol. The zero-order valence-corrected chi connectivity index (χ0v) is 15.5. The van der Waals surface area contributed by atoms with E-state index in [0.29, 0.717) is 25.5 Å². The third kappa shape index (κ3) is 2.94. The Labute approximate surface area is 156 Å². The van der Waals surface area contributed by atoms with Crippen molar-refractivity contribution in [3.8, 4) is 11.4 Å². The molecular weight excluding hydrogens is 346 g/mol. The molecule has 0 aromatic carbocycles. The van der Waals surface area contributed by atoms with Gasteiger partial charge in [0, 0.05) is 62.1 Å². The first-order valence-corrected chi connectivity index (χ1v) is 8.84. The van der Waals surface area contributed by atoms with Crippen molar-refractivity contribution in [3.05, 3.63) is 41.7 Å². The van der Waals surface area contributed by atoms with Crippen LogP contribution in [0.5, 0.6) is 0 Å². The maximum absolute atomic E-state index is 11.6. The third-order valence-corrected chi connectivity index (χ3v) is 4.78. The Morgan fingerprint density at radius 1 is 1.22 bits per heavy atom. The molecule has 1 aliphatic rings. The van der Waals surface area contributed by atoms with Crippen molar-refractivity contribution >= 4 is 11.9 Å². The van der Waals surface area contributed by atoms with Gasteiger partial charge in [0.1, 0.15) is 5.82 Å². The molecule has 0 aliphatic carbocycles. The Bertz CT molecular complexity index is 988. The summed E-state index contributed by atoms with van der Waals surface area (Å²) >= 11 is 0. The minimum atomic E-state index is -1.00. The van der Waals surface area contributed by atoms with Gasteiger partial charge in [-0.05, 0) is 13.8 Å². The van der Waals surface area contributed by atoms with E-state index in [1.54, 1.807) is 18.6 Å². The number of hydrogen-bond donors (Lipinski definition) is 1. The molecular formula is C18H21N7O2. The molecule has 3 aromatic heterocycles. The zero-order chi connectivity index (χ0) is 19.1. The van der Waals surface area contributed by atoms with Gasteiger partial charge in [0.15, 0.2) is 5.69 Å². The molecule has 4 heterocycles. The fraction of sp³-hybridized carbons (Fsp3) is 0.389. The van der Waals surface area contributed by atoms with Gasteiger partial charge in [-0.3, -0.25) is 4.68 Å². The first kappa shape index (κ1) is 17.2. The van der Waals surface area contributed by atoms with Crippen LogP contribution in [0.15, 0.2) is 24.8 Å². The van der Waals surface area contributed by atoms with E-state index in [-0.39, 0.29) is 11.7 Å². The molecule has 0 fully saturated rings. The van der Waals surface area contributed by atoms with E-state index in [2.05, 4.69) is 20.1 Å². The Kier molecular flexibility index (Phi) is 4.14. The van der Waals surface area contributed by atoms with Gasteiger partial charge in [0.25, 0.3) is 0 Å². The molecule has 0 unspecified atom stereocenters. The fourth-order valence-electron chi connectivity index (χ4n) is 3.46. The van der Waals surface area contributed by atoms with Crippen LogP contribution in [0, 0.1) is 0 Å². The lowest BCUT2D eigenvalue weighted by Gasteiger charge is -2.28. The minimum Gasteiger partial charge on any atom is -0.476 e. The first-order valence-electron chi connectivity index (χ1n) is 8.84. The van der Waals surface area contributed by atoms with Crippen molar-refractivity contribution in [2.24, 2.45) is 7.05 Å². The lowest BCUT2D eigenvalue weighted by atomic mass is 10.0. The summed E-state index contributed by atoms with van der Waals surface area (Å²) in [6.07, 6.45) is 7.80. The highest BCUT2D eigenvalue weighted by Crippen LogP contribution is 2.27. The van der Waals surface area contributed by atoms with Crippen LogP contribution in [0.2, 0.25) is 0 Å². The summed E-state index contributed by atoms with van der Waals surface area (Å²) in [6, 6.07) is 0.117. The van der Waals surface area contributed by atoms with Gasteiger partial charge in [0.05, 0.1) is 12.1 Å². The molecule has 0 amide bonds. The van der Waals surface area contributed by atoms with Crippen molar-refractivity contribution < 1.29 is 9.90 Å². The number of fused-ring (bicyclic) bond motifs is 1. The predicted octanol–water partition coefficient (Wildman–Crippen LogP) is 1.92. The van der Waals surface area contributed by atoms with Gasteiger partial charge >= 0.3 is 5.97 Å². The van der Waals surface area contributed by atoms with Crippen LogP contribution >= 0.6 is 0 Å². The molecule has 0 radical (unpaired) electrons. The molecule has 4 rings (SSSR count). The summed E-state index contributed by atoms with van der Waals surface area (Å²) in [5, 5.41) is 13.8. The normalized spacial score (nSPS) is 13.9. The predicted molar refractivity (Wildman–Crippen MR) is 98.6 cm³/mol. The molecule has 27 heavy (non-hydrogen) atoms. The number of imidazole rings is 1. The van der Waals surface area contributed by atoms with Crippen LogP contribution in [0.3, 0.4) is 0 Å². The SMILES string of the molecule is CC(C)n1nc(C(=O)O)c2c1CCN(c1ncc(-c3nccn3C)cn1)C2. The van der Waals surface area contributed by atoms with Gasteiger partial charge in [-0.15, -0.1) is 0 Å². The smallest absolute Gasteiger partial charge is 0.356 e. The second kappa shape index (κ2) is 6.49. The summed E-state index contributed by atoms with van der Waals surface area (Å²) in [4.78, 5) is 26.9. The Hall–Kier alpha value is -3.23. The number of anilines is 1. The molecule has 0 atom stereocenters. The lowest BCUT2D eigenvalue weighted by Crippen LogP contribution is -2.33. The van der Waals surface area contributed by atoms with Crippen molar-refractivity contribution in [3.63, 3.8) is 0 Å². The van der Waals surface area contributed by atoms with E-state index >= 15 is 0 Å². The van der Waals surface area contributed by atoms with Crippen molar-refractivity contribution in [2.75, 3.05) is 11.4 Å². The van der Waals surface area contributed by atoms with E-state index in [1.807, 2.05) is 41.2 Å². The monoisotopic (exact) mass is 367 g/mol. The molecule has 140 valence electrons. The molecule has 1 N–H and O–H groups in total. The summed E-state index contributed by atoms with van der Waals surface area (Å²) in [5.74, 6) is 0.375. The molecule has 0 saturated carbocycles. The van der Waals surface area contributed by atoms with E-state index in [9.17, 15) is 9.90 Å². The highest BCUT2D eigenvalue weighted by molar-refractivity contribution is 5.87. The van der Waals surface area contributed by atoms with Crippen LogP contribution in [-0.2, 0) is 20.0 Å². The summed E-state index contributed by atoms with van der Waals surface area (Å²) in [6.45, 7) is 5.16. The van der Waals surface area contributed by atoms with Gasteiger partial charge < -0.3 is 14.6 Å². The van der Waals surface area contributed by atoms with E-state index in [0.717, 1.165) is 22.6 Å². The standard InChI is InChI=1S/C18H21N7O2/c1-11(2)25-14-4-6-24(10-13(14)15(22-25)17(26)27)18-20-8-12(9-21-18)16-19-5-7-23(16)3/h5,7-9,11H,4,6,10H2,1-3H3,(H,26,27). The molecule has 3 aromatic rings. The molecule has 0 spiro atoms. The van der Waals surface area contributed by atoms with Crippen LogP contribution in [0.25, 0.3) is 11.4 Å². The number of aromatic nitrogens is 6. The maximum Gasteiger partial charge on any atom is 0.356 e. The van der Waals surface area contributed by atoms with Gasteiger partial charge in [0.2, 0.25) is 5.95 Å². The van der Waals surface area contributed by atoms with E-state index in [4.69, 9.17) is 0 Å². The maximum atomic E-state index is 11.6. The zero-order valence-electron chi connectivity index (χ0n) is 15.5. The Morgan fingerprint density at radius 2 is 1.96 bits per heavy atom. The molecule has 0 saturated heterocycles. The van der Waals surface area contributed by atoms with Gasteiger partial charge in [-0.25, -0.2) is 19.7 Å². The quantitative estimate of drug-likeness (QED) is 0.751. The summed E-state index contributed by atoms with van der Waals surface area (Å²) < 4.78 is 3.73.